The van der Waals surface area contributed by atoms with E-state index >= 15 is 0 Å². The molecule has 0 amide bonds. The summed E-state index contributed by atoms with van der Waals surface area (Å²) in [5.74, 6) is 0. The lowest BCUT2D eigenvalue weighted by Gasteiger charge is -2.16. The fourth-order valence-corrected chi connectivity index (χ4v) is 3.02. The largest absolute Gasteiger partial charge is 0.485 e. The van der Waals surface area contributed by atoms with Crippen LogP contribution in [-0.2, 0) is 4.65 Å². The molecule has 0 saturated heterocycles. The van der Waals surface area contributed by atoms with Crippen LogP contribution in [0.3, 0.4) is 0 Å². The average Bonchev–Trinajstić information content (AvgIpc) is 2.53. The van der Waals surface area contributed by atoms with Crippen molar-refractivity contribution in [3.05, 3.63) is 0 Å². The van der Waals surface area contributed by atoms with E-state index in [0.29, 0.717) is 0 Å². The van der Waals surface area contributed by atoms with Crippen LogP contribution in [0.5, 0.6) is 0 Å². The third kappa shape index (κ3) is 16.4. The summed E-state index contributed by atoms with van der Waals surface area (Å²) in [6.45, 7) is 4.52. The van der Waals surface area contributed by atoms with Gasteiger partial charge in [0.2, 0.25) is 0 Å². The molecule has 131 valence electrons. The minimum Gasteiger partial charge on any atom is -0.429 e. The summed E-state index contributed by atoms with van der Waals surface area (Å²) in [5, 5.41) is 8.87. The zero-order valence-corrected chi connectivity index (χ0v) is 15.3. The number of rotatable bonds is 18. The molecule has 1 radical (unpaired) electrons. The van der Waals surface area contributed by atoms with Crippen molar-refractivity contribution in [2.45, 2.75) is 123 Å². The summed E-state index contributed by atoms with van der Waals surface area (Å²) in [6, 6.07) is 0. The molecule has 0 fully saturated rings. The van der Waals surface area contributed by atoms with Gasteiger partial charge in [-0.2, -0.15) is 0 Å². The quantitative estimate of drug-likeness (QED) is 0.242. The van der Waals surface area contributed by atoms with Crippen molar-refractivity contribution in [3.63, 3.8) is 0 Å². The van der Waals surface area contributed by atoms with Crippen LogP contribution in [0.25, 0.3) is 0 Å². The monoisotopic (exact) mass is 311 g/mol. The van der Waals surface area contributed by atoms with Crippen molar-refractivity contribution in [1.29, 1.82) is 0 Å². The number of unbranched alkanes of at least 4 members (excludes halogenated alkanes) is 12. The van der Waals surface area contributed by atoms with Gasteiger partial charge in [0, 0.05) is 6.10 Å². The van der Waals surface area contributed by atoms with Crippen LogP contribution in [0.15, 0.2) is 0 Å². The summed E-state index contributed by atoms with van der Waals surface area (Å²) in [5.41, 5.74) is 0. The van der Waals surface area contributed by atoms with E-state index in [9.17, 15) is 0 Å². The SMILES string of the molecule is CCCCCCCCCCCC(CCCCCCC)O[B]O. The molecule has 0 heterocycles. The van der Waals surface area contributed by atoms with Gasteiger partial charge in [0.05, 0.1) is 0 Å². The standard InChI is InChI=1S/C19H40BO2/c1-3-5-7-9-10-11-12-14-16-18-19(22-20-21)17-15-13-8-6-4-2/h19,21H,3-18H2,1-2H3. The molecule has 3 heteroatoms. The molecule has 0 aliphatic heterocycles. The van der Waals surface area contributed by atoms with E-state index in [2.05, 4.69) is 13.8 Å². The first-order valence-electron chi connectivity index (χ1n) is 9.96. The first kappa shape index (κ1) is 22.0. The first-order valence-corrected chi connectivity index (χ1v) is 9.96. The van der Waals surface area contributed by atoms with Gasteiger partial charge in [-0.3, -0.25) is 0 Å². The Morgan fingerprint density at radius 1 is 0.636 bits per heavy atom. The molecule has 1 unspecified atom stereocenters. The van der Waals surface area contributed by atoms with Crippen molar-refractivity contribution in [2.24, 2.45) is 0 Å². The van der Waals surface area contributed by atoms with Gasteiger partial charge in [-0.25, -0.2) is 0 Å². The predicted octanol–water partition coefficient (Wildman–Crippen LogP) is 6.18. The summed E-state index contributed by atoms with van der Waals surface area (Å²) < 4.78 is 5.35. The Hall–Kier alpha value is -0.0151. The van der Waals surface area contributed by atoms with Crippen molar-refractivity contribution in [2.75, 3.05) is 0 Å². The maximum absolute atomic E-state index is 8.87. The summed E-state index contributed by atoms with van der Waals surface area (Å²) >= 11 is 0. The third-order valence-corrected chi connectivity index (χ3v) is 4.51. The lowest BCUT2D eigenvalue weighted by molar-refractivity contribution is 0.156. The van der Waals surface area contributed by atoms with Gasteiger partial charge in [0.1, 0.15) is 0 Å². The van der Waals surface area contributed by atoms with Crippen molar-refractivity contribution < 1.29 is 9.68 Å². The normalized spacial score (nSPS) is 12.5. The molecule has 0 aromatic carbocycles. The van der Waals surface area contributed by atoms with E-state index in [0.717, 1.165) is 20.5 Å². The van der Waals surface area contributed by atoms with Gasteiger partial charge in [0.15, 0.2) is 0 Å². The van der Waals surface area contributed by atoms with Crippen LogP contribution in [-0.4, -0.2) is 18.8 Å². The van der Waals surface area contributed by atoms with Gasteiger partial charge in [0.25, 0.3) is 0 Å². The minimum atomic E-state index is 0.233. The Labute approximate surface area is 140 Å². The van der Waals surface area contributed by atoms with Crippen molar-refractivity contribution in [1.82, 2.24) is 0 Å². The lowest BCUT2D eigenvalue weighted by Crippen LogP contribution is -2.15. The first-order chi connectivity index (χ1) is 10.8. The van der Waals surface area contributed by atoms with Crippen LogP contribution in [0, 0.1) is 0 Å². The fourth-order valence-electron chi connectivity index (χ4n) is 3.02. The predicted molar refractivity (Wildman–Crippen MR) is 98.1 cm³/mol. The van der Waals surface area contributed by atoms with Crippen molar-refractivity contribution >= 4 is 7.69 Å². The zero-order chi connectivity index (χ0) is 16.3. The Bertz CT molecular complexity index is 200. The Balaban J connectivity index is 3.40. The zero-order valence-electron chi connectivity index (χ0n) is 15.3. The van der Waals surface area contributed by atoms with Gasteiger partial charge in [-0.15, -0.1) is 0 Å². The molecule has 0 aliphatic rings. The minimum absolute atomic E-state index is 0.233. The number of hydrogen-bond acceptors (Lipinski definition) is 2. The highest BCUT2D eigenvalue weighted by Crippen LogP contribution is 2.16. The molecular weight excluding hydrogens is 271 g/mol. The highest BCUT2D eigenvalue weighted by atomic mass is 16.5. The molecule has 0 rings (SSSR count). The smallest absolute Gasteiger partial charge is 0.429 e. The van der Waals surface area contributed by atoms with Gasteiger partial charge in [-0.05, 0) is 12.8 Å². The van der Waals surface area contributed by atoms with Crippen molar-refractivity contribution in [3.8, 4) is 0 Å². The second kappa shape index (κ2) is 19.0. The third-order valence-electron chi connectivity index (χ3n) is 4.51. The Kier molecular flexibility index (Phi) is 19.0. The van der Waals surface area contributed by atoms with E-state index in [1.165, 1.54) is 89.9 Å². The summed E-state index contributed by atoms with van der Waals surface area (Å²) in [6.07, 6.45) is 21.2. The highest BCUT2D eigenvalue weighted by molar-refractivity contribution is 6.15. The number of hydrogen-bond donors (Lipinski definition) is 1. The molecular formula is C19H40BO2. The molecule has 22 heavy (non-hydrogen) atoms. The maximum atomic E-state index is 8.87. The Morgan fingerprint density at radius 2 is 1.00 bits per heavy atom. The van der Waals surface area contributed by atoms with Crippen LogP contribution >= 0.6 is 0 Å². The molecule has 0 spiro atoms. The van der Waals surface area contributed by atoms with E-state index in [4.69, 9.17) is 9.68 Å². The summed E-state index contributed by atoms with van der Waals surface area (Å²) in [4.78, 5) is 0. The van der Waals surface area contributed by atoms with E-state index in [1.807, 2.05) is 0 Å². The van der Waals surface area contributed by atoms with Crippen LogP contribution < -0.4 is 0 Å². The van der Waals surface area contributed by atoms with Gasteiger partial charge >= 0.3 is 7.69 Å². The molecule has 2 nitrogen and oxygen atoms in total. The molecule has 1 N–H and O–H groups in total. The molecule has 0 saturated carbocycles. The molecule has 1 atom stereocenters. The maximum Gasteiger partial charge on any atom is 0.485 e. The second-order valence-corrected chi connectivity index (χ2v) is 6.68. The van der Waals surface area contributed by atoms with Gasteiger partial charge in [-0.1, -0.05) is 104 Å². The molecule has 0 aromatic rings. The highest BCUT2D eigenvalue weighted by Gasteiger charge is 2.08. The van der Waals surface area contributed by atoms with Crippen LogP contribution in [0.4, 0.5) is 0 Å². The second-order valence-electron chi connectivity index (χ2n) is 6.68. The molecule has 0 bridgehead atoms. The topological polar surface area (TPSA) is 29.5 Å². The average molecular weight is 311 g/mol. The fraction of sp³-hybridized carbons (Fsp3) is 1.00. The van der Waals surface area contributed by atoms with Crippen LogP contribution in [0.1, 0.15) is 117 Å². The van der Waals surface area contributed by atoms with Gasteiger partial charge < -0.3 is 9.68 Å². The Morgan fingerprint density at radius 3 is 1.36 bits per heavy atom. The summed E-state index contributed by atoms with van der Waals surface area (Å²) in [7, 11) is 0.893. The van der Waals surface area contributed by atoms with E-state index in [1.54, 1.807) is 0 Å². The van der Waals surface area contributed by atoms with Crippen LogP contribution in [0.2, 0.25) is 0 Å². The lowest BCUT2D eigenvalue weighted by atomic mass is 10.0. The molecule has 0 aliphatic carbocycles. The van der Waals surface area contributed by atoms with E-state index in [-0.39, 0.29) is 6.10 Å². The van der Waals surface area contributed by atoms with E-state index < -0.39 is 0 Å². The molecule has 0 aromatic heterocycles.